The Hall–Kier alpha value is -3.37. The number of allylic oxidation sites excluding steroid dienone is 2. The van der Waals surface area contributed by atoms with Gasteiger partial charge in [-0.2, -0.15) is 15.6 Å². The number of rotatable bonds is 2. The molecule has 1 aliphatic rings. The molecule has 0 heterocycles. The van der Waals surface area contributed by atoms with Crippen LogP contribution in [0.2, 0.25) is 0 Å². The van der Waals surface area contributed by atoms with Gasteiger partial charge < -0.3 is 0 Å². The highest BCUT2D eigenvalue weighted by molar-refractivity contribution is 6.20. The molecular weight excluding hydrogens is 296 g/mol. The Morgan fingerprint density at radius 2 is 1.50 bits per heavy atom. The van der Waals surface area contributed by atoms with Gasteiger partial charge in [-0.25, -0.2) is 0 Å². The first-order chi connectivity index (χ1) is 11.6. The molecule has 4 heteroatoms. The lowest BCUT2D eigenvalue weighted by molar-refractivity contribution is 0.712. The van der Waals surface area contributed by atoms with Gasteiger partial charge in [-0.15, -0.1) is 0 Å². The van der Waals surface area contributed by atoms with Crippen molar-refractivity contribution in [3.63, 3.8) is 0 Å². The molecule has 0 atom stereocenters. The molecule has 2 aromatic carbocycles. The third kappa shape index (κ3) is 2.45. The van der Waals surface area contributed by atoms with Crippen LogP contribution in [-0.2, 0) is 0 Å². The minimum atomic E-state index is -0.535. The predicted octanol–water partition coefficient (Wildman–Crippen LogP) is 4.34. The summed E-state index contributed by atoms with van der Waals surface area (Å²) in [6.45, 7) is 3.98. The van der Waals surface area contributed by atoms with Gasteiger partial charge in [0.25, 0.3) is 0 Å². The highest BCUT2D eigenvalue weighted by Gasteiger charge is 2.42. The van der Waals surface area contributed by atoms with Gasteiger partial charge in [0.1, 0.15) is 17.7 Å². The lowest BCUT2D eigenvalue weighted by atomic mass is 9.81. The second-order valence-corrected chi connectivity index (χ2v) is 6.08. The number of nitrogens with zero attached hydrogens (tertiary/aromatic N) is 3. The summed E-state index contributed by atoms with van der Waals surface area (Å²) in [4.78, 5) is 0. The van der Waals surface area contributed by atoms with Crippen molar-refractivity contribution in [2.45, 2.75) is 13.8 Å². The second-order valence-electron chi connectivity index (χ2n) is 6.08. The first-order valence-electron chi connectivity index (χ1n) is 7.63. The van der Waals surface area contributed by atoms with Crippen LogP contribution in [0.3, 0.4) is 0 Å². The maximum atomic E-state index is 9.35. The van der Waals surface area contributed by atoms with Gasteiger partial charge >= 0.3 is 0 Å². The van der Waals surface area contributed by atoms with Gasteiger partial charge in [0, 0.05) is 16.6 Å². The van der Waals surface area contributed by atoms with E-state index in [4.69, 9.17) is 0 Å². The molecule has 1 N–H and O–H groups in total. The Balaban J connectivity index is 2.17. The minimum absolute atomic E-state index is 0.136. The minimum Gasteiger partial charge on any atom is -0.278 e. The number of fused-ring (bicyclic) bond motifs is 1. The van der Waals surface area contributed by atoms with E-state index in [9.17, 15) is 10.5 Å². The summed E-state index contributed by atoms with van der Waals surface area (Å²) in [6.07, 6.45) is 0. The molecule has 0 fully saturated rings. The third-order valence-electron chi connectivity index (χ3n) is 4.21. The summed E-state index contributed by atoms with van der Waals surface area (Å²) < 4.78 is 0. The SMILES string of the molecule is CC1(C)C(=C(C#N)C#N)c2ccccc2/C1=N/Nc1ccccc1. The largest absolute Gasteiger partial charge is 0.278 e. The molecule has 4 nitrogen and oxygen atoms in total. The topological polar surface area (TPSA) is 72.0 Å². The zero-order valence-corrected chi connectivity index (χ0v) is 13.5. The average Bonchev–Trinajstić information content (AvgIpc) is 2.82. The molecule has 0 amide bonds. The van der Waals surface area contributed by atoms with Crippen molar-refractivity contribution in [3.8, 4) is 12.1 Å². The molecule has 1 aliphatic carbocycles. The monoisotopic (exact) mass is 312 g/mol. The summed E-state index contributed by atoms with van der Waals surface area (Å²) in [6, 6.07) is 21.5. The Bertz CT molecular complexity index is 906. The summed E-state index contributed by atoms with van der Waals surface area (Å²) in [5.41, 5.74) is 6.96. The fraction of sp³-hybridized carbons (Fsp3) is 0.150. The fourth-order valence-electron chi connectivity index (χ4n) is 3.12. The quantitative estimate of drug-likeness (QED) is 0.662. The molecule has 0 aromatic heterocycles. The molecule has 3 rings (SSSR count). The zero-order valence-electron chi connectivity index (χ0n) is 13.5. The highest BCUT2D eigenvalue weighted by atomic mass is 15.3. The molecular formula is C20H16N4. The van der Waals surface area contributed by atoms with E-state index in [1.54, 1.807) is 0 Å². The van der Waals surface area contributed by atoms with Crippen molar-refractivity contribution in [2.75, 3.05) is 5.43 Å². The molecule has 0 saturated carbocycles. The lowest BCUT2D eigenvalue weighted by Crippen LogP contribution is -2.22. The van der Waals surface area contributed by atoms with E-state index in [0.29, 0.717) is 0 Å². The van der Waals surface area contributed by atoms with Gasteiger partial charge in [0.15, 0.2) is 0 Å². The van der Waals surface area contributed by atoms with Crippen molar-refractivity contribution < 1.29 is 0 Å². The van der Waals surface area contributed by atoms with Crippen molar-refractivity contribution >= 4 is 17.0 Å². The summed E-state index contributed by atoms with van der Waals surface area (Å²) in [5, 5.41) is 23.3. The van der Waals surface area contributed by atoms with Crippen LogP contribution in [0.15, 0.2) is 65.3 Å². The zero-order chi connectivity index (χ0) is 17.2. The van der Waals surface area contributed by atoms with Crippen LogP contribution in [0.25, 0.3) is 5.57 Å². The number of nitrogens with one attached hydrogen (secondary N) is 1. The number of hydrogen-bond donors (Lipinski definition) is 1. The molecule has 0 unspecified atom stereocenters. The van der Waals surface area contributed by atoms with Gasteiger partial charge in [-0.3, -0.25) is 5.43 Å². The highest BCUT2D eigenvalue weighted by Crippen LogP contribution is 2.48. The van der Waals surface area contributed by atoms with E-state index >= 15 is 0 Å². The lowest BCUT2D eigenvalue weighted by Gasteiger charge is -2.21. The van der Waals surface area contributed by atoms with Crippen molar-refractivity contribution in [3.05, 3.63) is 71.3 Å². The molecule has 2 aromatic rings. The van der Waals surface area contributed by atoms with E-state index in [1.165, 1.54) is 0 Å². The van der Waals surface area contributed by atoms with Crippen LogP contribution in [0.1, 0.15) is 25.0 Å². The number of para-hydroxylation sites is 1. The van der Waals surface area contributed by atoms with Gasteiger partial charge in [0.2, 0.25) is 0 Å². The Morgan fingerprint density at radius 1 is 0.917 bits per heavy atom. The maximum absolute atomic E-state index is 9.35. The number of hydrogen-bond acceptors (Lipinski definition) is 4. The van der Waals surface area contributed by atoms with Gasteiger partial charge in [-0.05, 0) is 31.5 Å². The van der Waals surface area contributed by atoms with E-state index < -0.39 is 5.41 Å². The van der Waals surface area contributed by atoms with Crippen LogP contribution in [0.4, 0.5) is 5.69 Å². The van der Waals surface area contributed by atoms with Crippen LogP contribution in [0, 0.1) is 28.1 Å². The summed E-state index contributed by atoms with van der Waals surface area (Å²) >= 11 is 0. The molecule has 24 heavy (non-hydrogen) atoms. The smallest absolute Gasteiger partial charge is 0.134 e. The Morgan fingerprint density at radius 3 is 2.12 bits per heavy atom. The molecule has 0 aliphatic heterocycles. The molecule has 0 bridgehead atoms. The number of benzene rings is 2. The molecule has 116 valence electrons. The fourth-order valence-corrected chi connectivity index (χ4v) is 3.12. The van der Waals surface area contributed by atoms with E-state index in [2.05, 4.69) is 10.5 Å². The van der Waals surface area contributed by atoms with Gasteiger partial charge in [0.05, 0.1) is 11.4 Å². The van der Waals surface area contributed by atoms with Crippen LogP contribution in [0.5, 0.6) is 0 Å². The van der Waals surface area contributed by atoms with Crippen LogP contribution in [-0.4, -0.2) is 5.71 Å². The summed E-state index contributed by atoms with van der Waals surface area (Å²) in [5.74, 6) is 0. The molecule has 0 saturated heterocycles. The standard InChI is InChI=1S/C20H16N4/c1-20(2)18(14(12-21)13-22)16-10-6-7-11-17(16)19(20)24-23-15-8-4-3-5-9-15/h3-11,23H,1-2H3/b24-19-. The van der Waals surface area contributed by atoms with Crippen molar-refractivity contribution in [1.82, 2.24) is 0 Å². The number of anilines is 1. The number of nitriles is 2. The third-order valence-corrected chi connectivity index (χ3v) is 4.21. The van der Waals surface area contributed by atoms with E-state index in [1.807, 2.05) is 80.6 Å². The van der Waals surface area contributed by atoms with Crippen molar-refractivity contribution in [2.24, 2.45) is 10.5 Å². The van der Waals surface area contributed by atoms with E-state index in [-0.39, 0.29) is 5.57 Å². The first-order valence-corrected chi connectivity index (χ1v) is 7.63. The normalized spacial score (nSPS) is 16.2. The molecule has 0 radical (unpaired) electrons. The van der Waals surface area contributed by atoms with Crippen LogP contribution < -0.4 is 5.43 Å². The Kier molecular flexibility index (Phi) is 3.90. The second kappa shape index (κ2) is 6.02. The van der Waals surface area contributed by atoms with Crippen molar-refractivity contribution in [1.29, 1.82) is 10.5 Å². The average molecular weight is 312 g/mol. The van der Waals surface area contributed by atoms with E-state index in [0.717, 1.165) is 28.1 Å². The molecule has 0 spiro atoms. The first kappa shape index (κ1) is 15.5. The van der Waals surface area contributed by atoms with Gasteiger partial charge in [-0.1, -0.05) is 42.5 Å². The summed E-state index contributed by atoms with van der Waals surface area (Å²) in [7, 11) is 0. The van der Waals surface area contributed by atoms with Crippen LogP contribution >= 0.6 is 0 Å². The Labute approximate surface area is 141 Å². The maximum Gasteiger partial charge on any atom is 0.134 e. The predicted molar refractivity (Wildman–Crippen MR) is 95.0 cm³/mol. The number of hydrazone groups is 1.